The van der Waals surface area contributed by atoms with Crippen LogP contribution in [-0.4, -0.2) is 64.8 Å². The van der Waals surface area contributed by atoms with Gasteiger partial charge in [0.25, 0.3) is 5.91 Å². The first-order valence-electron chi connectivity index (χ1n) is 12.4. The molecule has 3 aromatic heterocycles. The standard InChI is InChI=1S/C27H28N6O2S/c1-3-17-14-19(27(32-31-17)35-13-12-33-10-4-5-11-33)21-7-6-18-20(30-21)8-9-22-23(18)24-25(36-22)26(34)29-16(2)15-28-24/h3,6-9,14,16,28H,1,4-5,10-13,15H2,2H3,(H,29,34)/t16-/m1/s1. The zero-order valence-electron chi connectivity index (χ0n) is 20.2. The van der Waals surface area contributed by atoms with Crippen molar-refractivity contribution in [1.29, 1.82) is 0 Å². The van der Waals surface area contributed by atoms with Gasteiger partial charge in [0, 0.05) is 34.6 Å². The fraction of sp³-hybridized carbons (Fsp3) is 0.333. The van der Waals surface area contributed by atoms with Crippen molar-refractivity contribution >= 4 is 50.0 Å². The zero-order chi connectivity index (χ0) is 24.6. The maximum atomic E-state index is 12.7. The Morgan fingerprint density at radius 1 is 1.22 bits per heavy atom. The number of thiophene rings is 1. The molecule has 0 bridgehead atoms. The van der Waals surface area contributed by atoms with E-state index in [1.54, 1.807) is 6.08 Å². The molecule has 0 unspecified atom stereocenters. The van der Waals surface area contributed by atoms with Crippen molar-refractivity contribution < 1.29 is 9.53 Å². The Morgan fingerprint density at radius 2 is 2.08 bits per heavy atom. The third kappa shape index (κ3) is 4.18. The summed E-state index contributed by atoms with van der Waals surface area (Å²) in [5, 5.41) is 17.1. The lowest BCUT2D eigenvalue weighted by Crippen LogP contribution is -2.34. The third-order valence-corrected chi connectivity index (χ3v) is 7.95. The number of pyridine rings is 1. The van der Waals surface area contributed by atoms with Gasteiger partial charge < -0.3 is 15.4 Å². The lowest BCUT2D eigenvalue weighted by molar-refractivity contribution is 0.0949. The van der Waals surface area contributed by atoms with Crippen LogP contribution in [-0.2, 0) is 0 Å². The highest BCUT2D eigenvalue weighted by Crippen LogP contribution is 2.41. The lowest BCUT2D eigenvalue weighted by atomic mass is 10.1. The Hall–Kier alpha value is -3.56. The topological polar surface area (TPSA) is 92.3 Å². The van der Waals surface area contributed by atoms with Crippen LogP contribution >= 0.6 is 11.3 Å². The van der Waals surface area contributed by atoms with Crippen molar-refractivity contribution in [2.24, 2.45) is 0 Å². The largest absolute Gasteiger partial charge is 0.475 e. The minimum atomic E-state index is -0.0306. The molecule has 2 aliphatic rings. The lowest BCUT2D eigenvalue weighted by Gasteiger charge is -2.16. The van der Waals surface area contributed by atoms with Gasteiger partial charge in [0.1, 0.15) is 11.5 Å². The first-order chi connectivity index (χ1) is 17.6. The van der Waals surface area contributed by atoms with Gasteiger partial charge in [-0.2, -0.15) is 0 Å². The molecule has 1 fully saturated rings. The molecule has 1 amide bonds. The average molecular weight is 501 g/mol. The number of amides is 1. The number of ether oxygens (including phenoxy) is 1. The van der Waals surface area contributed by atoms with Crippen LogP contribution in [0.5, 0.6) is 5.88 Å². The van der Waals surface area contributed by atoms with Crippen LogP contribution in [0, 0.1) is 0 Å². The fourth-order valence-electron chi connectivity index (χ4n) is 4.94. The van der Waals surface area contributed by atoms with Gasteiger partial charge >= 0.3 is 0 Å². The van der Waals surface area contributed by atoms with Gasteiger partial charge in [0.05, 0.1) is 28.2 Å². The molecule has 1 aromatic carbocycles. The van der Waals surface area contributed by atoms with Crippen LogP contribution in [0.2, 0.25) is 0 Å². The van der Waals surface area contributed by atoms with Gasteiger partial charge in [-0.1, -0.05) is 6.58 Å². The van der Waals surface area contributed by atoms with E-state index in [1.807, 2.05) is 31.2 Å². The second kappa shape index (κ2) is 9.48. The molecule has 9 heteroatoms. The predicted molar refractivity (Wildman–Crippen MR) is 145 cm³/mol. The molecule has 0 spiro atoms. The summed E-state index contributed by atoms with van der Waals surface area (Å²) in [6.45, 7) is 10.2. The number of hydrogen-bond acceptors (Lipinski definition) is 8. The quantitative estimate of drug-likeness (QED) is 0.401. The molecule has 1 saturated heterocycles. The molecule has 0 aliphatic carbocycles. The minimum Gasteiger partial charge on any atom is -0.475 e. The SMILES string of the molecule is C=Cc1cc(-c2ccc3c(ccc4sc5c(c43)NC[C@@H](C)NC5=O)n2)c(OCCN2CCCC2)nn1. The molecule has 36 heavy (non-hydrogen) atoms. The zero-order valence-corrected chi connectivity index (χ0v) is 21.0. The average Bonchev–Trinajstić information content (AvgIpc) is 3.52. The Kier molecular flexibility index (Phi) is 6.02. The number of hydrogen-bond donors (Lipinski definition) is 2. The van der Waals surface area contributed by atoms with E-state index in [9.17, 15) is 4.79 Å². The van der Waals surface area contributed by atoms with E-state index < -0.39 is 0 Å². The second-order valence-corrected chi connectivity index (χ2v) is 10.4. The normalized spacial score (nSPS) is 18.0. The van der Waals surface area contributed by atoms with Crippen molar-refractivity contribution in [1.82, 2.24) is 25.4 Å². The highest BCUT2D eigenvalue weighted by atomic mass is 32.1. The Bertz CT molecular complexity index is 1480. The Labute approximate surface area is 213 Å². The number of carbonyl (C=O) groups excluding carboxylic acids is 1. The van der Waals surface area contributed by atoms with Crippen molar-refractivity contribution in [2.75, 3.05) is 38.1 Å². The van der Waals surface area contributed by atoms with Crippen LogP contribution in [0.25, 0.3) is 38.3 Å². The summed E-state index contributed by atoms with van der Waals surface area (Å²) in [7, 11) is 0. The number of aromatic nitrogens is 3. The van der Waals surface area contributed by atoms with Crippen molar-refractivity contribution in [3.05, 3.63) is 47.5 Å². The van der Waals surface area contributed by atoms with Crippen molar-refractivity contribution in [3.8, 4) is 17.1 Å². The van der Waals surface area contributed by atoms with Gasteiger partial charge in [-0.15, -0.1) is 21.5 Å². The van der Waals surface area contributed by atoms with Gasteiger partial charge in [-0.3, -0.25) is 9.69 Å². The number of anilines is 1. The summed E-state index contributed by atoms with van der Waals surface area (Å²) in [5.74, 6) is 0.446. The van der Waals surface area contributed by atoms with E-state index in [4.69, 9.17) is 9.72 Å². The van der Waals surface area contributed by atoms with E-state index in [2.05, 4.69) is 38.4 Å². The number of rotatable bonds is 6. The van der Waals surface area contributed by atoms with E-state index >= 15 is 0 Å². The molecular weight excluding hydrogens is 472 g/mol. The summed E-state index contributed by atoms with van der Waals surface area (Å²) >= 11 is 1.51. The second-order valence-electron chi connectivity index (χ2n) is 9.35. The fourth-order valence-corrected chi connectivity index (χ4v) is 6.04. The van der Waals surface area contributed by atoms with Crippen LogP contribution in [0.1, 0.15) is 35.1 Å². The molecule has 5 heterocycles. The summed E-state index contributed by atoms with van der Waals surface area (Å²) in [4.78, 5) is 20.8. The number of carbonyl (C=O) groups is 1. The Morgan fingerprint density at radius 3 is 2.92 bits per heavy atom. The number of nitrogens with zero attached hydrogens (tertiary/aromatic N) is 4. The van der Waals surface area contributed by atoms with Gasteiger partial charge in [0.15, 0.2) is 0 Å². The van der Waals surface area contributed by atoms with Crippen LogP contribution < -0.4 is 15.4 Å². The molecule has 0 saturated carbocycles. The van der Waals surface area contributed by atoms with E-state index in [1.165, 1.54) is 24.2 Å². The smallest absolute Gasteiger partial charge is 0.263 e. The molecule has 184 valence electrons. The van der Waals surface area contributed by atoms with Crippen LogP contribution in [0.3, 0.4) is 0 Å². The van der Waals surface area contributed by atoms with Gasteiger partial charge in [-0.05, 0) is 69.3 Å². The third-order valence-electron chi connectivity index (χ3n) is 6.80. The number of fused-ring (bicyclic) bond motifs is 5. The predicted octanol–water partition coefficient (Wildman–Crippen LogP) is 4.57. The molecular formula is C27H28N6O2S. The number of nitrogens with one attached hydrogen (secondary N) is 2. The highest BCUT2D eigenvalue weighted by molar-refractivity contribution is 7.21. The highest BCUT2D eigenvalue weighted by Gasteiger charge is 2.25. The maximum absolute atomic E-state index is 12.7. The number of benzene rings is 1. The molecule has 0 radical (unpaired) electrons. The summed E-state index contributed by atoms with van der Waals surface area (Å²) in [6, 6.07) is 10.1. The molecule has 6 rings (SSSR count). The minimum absolute atomic E-state index is 0.0306. The summed E-state index contributed by atoms with van der Waals surface area (Å²) in [5.41, 5.74) is 3.96. The van der Waals surface area contributed by atoms with E-state index in [0.29, 0.717) is 29.6 Å². The van der Waals surface area contributed by atoms with Crippen molar-refractivity contribution in [2.45, 2.75) is 25.8 Å². The Balaban J connectivity index is 1.39. The molecule has 2 aliphatic heterocycles. The van der Waals surface area contributed by atoms with E-state index in [-0.39, 0.29) is 11.9 Å². The van der Waals surface area contributed by atoms with Gasteiger partial charge in [-0.25, -0.2) is 4.98 Å². The molecule has 4 aromatic rings. The molecule has 8 nitrogen and oxygen atoms in total. The maximum Gasteiger partial charge on any atom is 0.263 e. The molecule has 2 N–H and O–H groups in total. The first-order valence-corrected chi connectivity index (χ1v) is 13.2. The summed E-state index contributed by atoms with van der Waals surface area (Å²) < 4.78 is 7.15. The van der Waals surface area contributed by atoms with E-state index in [0.717, 1.165) is 57.6 Å². The summed E-state index contributed by atoms with van der Waals surface area (Å²) in [6.07, 6.45) is 4.17. The molecule has 1 atom stereocenters. The van der Waals surface area contributed by atoms with Crippen molar-refractivity contribution in [3.63, 3.8) is 0 Å². The van der Waals surface area contributed by atoms with Crippen LogP contribution in [0.4, 0.5) is 5.69 Å². The number of likely N-dealkylation sites (tertiary alicyclic amines) is 1. The monoisotopic (exact) mass is 500 g/mol. The van der Waals surface area contributed by atoms with Gasteiger partial charge in [0.2, 0.25) is 5.88 Å². The first kappa shape index (κ1) is 22.9. The van der Waals surface area contributed by atoms with Crippen LogP contribution in [0.15, 0.2) is 36.9 Å².